The number of imidazole rings is 1. The van der Waals surface area contributed by atoms with Crippen LogP contribution in [0, 0.1) is 5.82 Å². The van der Waals surface area contributed by atoms with E-state index in [4.69, 9.17) is 0 Å². The molecule has 0 fully saturated rings. The molecule has 2 nitrogen and oxygen atoms in total. The minimum atomic E-state index is -4.61. The number of alkyl halides is 3. The molecule has 0 radical (unpaired) electrons. The van der Waals surface area contributed by atoms with Crippen LogP contribution in [0.1, 0.15) is 25.7 Å². The molecule has 1 heterocycles. The lowest BCUT2D eigenvalue weighted by atomic mass is 10.3. The minimum absolute atomic E-state index is 0.129. The molecular formula is C11H9BrF4N2. The molecule has 0 unspecified atom stereocenters. The second-order valence-electron chi connectivity index (χ2n) is 4.15. The second-order valence-corrected chi connectivity index (χ2v) is 5.07. The van der Waals surface area contributed by atoms with Crippen LogP contribution in [0.4, 0.5) is 17.6 Å². The maximum absolute atomic E-state index is 13.6. The average molecular weight is 325 g/mol. The Morgan fingerprint density at radius 1 is 1.28 bits per heavy atom. The fourth-order valence-corrected chi connectivity index (χ4v) is 2.26. The number of rotatable bonds is 1. The highest BCUT2D eigenvalue weighted by Gasteiger charge is 2.38. The van der Waals surface area contributed by atoms with Gasteiger partial charge in [-0.2, -0.15) is 13.2 Å². The summed E-state index contributed by atoms with van der Waals surface area (Å²) in [5, 5.41) is 0. The molecule has 0 atom stereocenters. The third-order valence-corrected chi connectivity index (χ3v) is 2.94. The third-order valence-electron chi connectivity index (χ3n) is 2.48. The number of fused-ring (bicyclic) bond motifs is 1. The summed E-state index contributed by atoms with van der Waals surface area (Å²) in [4.78, 5) is 3.39. The highest BCUT2D eigenvalue weighted by Crippen LogP contribution is 2.35. The number of benzene rings is 1. The van der Waals surface area contributed by atoms with Crippen LogP contribution in [0.5, 0.6) is 0 Å². The molecular weight excluding hydrogens is 316 g/mol. The lowest BCUT2D eigenvalue weighted by Gasteiger charge is -2.14. The quantitative estimate of drug-likeness (QED) is 0.704. The van der Waals surface area contributed by atoms with Crippen molar-refractivity contribution in [1.82, 2.24) is 9.55 Å². The Bertz CT molecular complexity index is 601. The third kappa shape index (κ3) is 2.11. The van der Waals surface area contributed by atoms with E-state index in [0.717, 1.165) is 10.6 Å². The summed E-state index contributed by atoms with van der Waals surface area (Å²) < 4.78 is 53.6. The number of halogens is 5. The maximum Gasteiger partial charge on any atom is 0.449 e. The van der Waals surface area contributed by atoms with E-state index in [0.29, 0.717) is 4.47 Å². The molecule has 98 valence electrons. The molecule has 0 spiro atoms. The van der Waals surface area contributed by atoms with Crippen molar-refractivity contribution in [2.45, 2.75) is 26.1 Å². The van der Waals surface area contributed by atoms with Crippen LogP contribution in [-0.4, -0.2) is 9.55 Å². The van der Waals surface area contributed by atoms with E-state index in [1.807, 2.05) is 0 Å². The highest BCUT2D eigenvalue weighted by atomic mass is 79.9. The van der Waals surface area contributed by atoms with Crippen molar-refractivity contribution >= 4 is 27.0 Å². The molecule has 0 amide bonds. The summed E-state index contributed by atoms with van der Waals surface area (Å²) >= 11 is 3.06. The van der Waals surface area contributed by atoms with Gasteiger partial charge in [-0.05, 0) is 26.0 Å². The van der Waals surface area contributed by atoms with Crippen LogP contribution >= 0.6 is 15.9 Å². The van der Waals surface area contributed by atoms with Crippen molar-refractivity contribution in [2.75, 3.05) is 0 Å². The minimum Gasteiger partial charge on any atom is -0.318 e. The van der Waals surface area contributed by atoms with E-state index < -0.39 is 23.9 Å². The zero-order valence-electron chi connectivity index (χ0n) is 9.52. The first-order valence-corrected chi connectivity index (χ1v) is 5.95. The molecule has 2 aromatic rings. The van der Waals surface area contributed by atoms with Crippen molar-refractivity contribution in [3.63, 3.8) is 0 Å². The number of hydrogen-bond donors (Lipinski definition) is 0. The molecule has 2 rings (SSSR count). The molecule has 1 aromatic carbocycles. The lowest BCUT2D eigenvalue weighted by molar-refractivity contribution is -0.147. The van der Waals surface area contributed by atoms with Crippen LogP contribution in [-0.2, 0) is 6.18 Å². The van der Waals surface area contributed by atoms with Gasteiger partial charge in [-0.1, -0.05) is 15.9 Å². The molecule has 7 heteroatoms. The Morgan fingerprint density at radius 2 is 1.89 bits per heavy atom. The van der Waals surface area contributed by atoms with Gasteiger partial charge in [-0.15, -0.1) is 0 Å². The second kappa shape index (κ2) is 4.22. The predicted molar refractivity (Wildman–Crippen MR) is 62.8 cm³/mol. The zero-order valence-corrected chi connectivity index (χ0v) is 11.1. The largest absolute Gasteiger partial charge is 0.449 e. The van der Waals surface area contributed by atoms with Gasteiger partial charge in [-0.3, -0.25) is 0 Å². The molecule has 0 N–H and O–H groups in total. The first-order chi connectivity index (χ1) is 8.21. The molecule has 0 aliphatic carbocycles. The van der Waals surface area contributed by atoms with Gasteiger partial charge in [0, 0.05) is 10.5 Å². The Balaban J connectivity index is 2.89. The first-order valence-electron chi connectivity index (χ1n) is 5.16. The van der Waals surface area contributed by atoms with E-state index in [1.165, 1.54) is 6.07 Å². The van der Waals surface area contributed by atoms with Crippen LogP contribution in [0.25, 0.3) is 11.0 Å². The van der Waals surface area contributed by atoms with Gasteiger partial charge in [-0.25, -0.2) is 9.37 Å². The molecule has 0 saturated carbocycles. The first kappa shape index (κ1) is 13.3. The topological polar surface area (TPSA) is 17.8 Å². The molecule has 0 aliphatic rings. The van der Waals surface area contributed by atoms with Crippen molar-refractivity contribution < 1.29 is 17.6 Å². The fraction of sp³-hybridized carbons (Fsp3) is 0.364. The van der Waals surface area contributed by atoms with Gasteiger partial charge in [0.25, 0.3) is 0 Å². The van der Waals surface area contributed by atoms with Gasteiger partial charge in [0.2, 0.25) is 5.82 Å². The van der Waals surface area contributed by atoms with Crippen LogP contribution in [0.2, 0.25) is 0 Å². The van der Waals surface area contributed by atoms with Gasteiger partial charge in [0.1, 0.15) is 5.52 Å². The van der Waals surface area contributed by atoms with Crippen molar-refractivity contribution in [1.29, 1.82) is 0 Å². The summed E-state index contributed by atoms with van der Waals surface area (Å²) in [6.07, 6.45) is -4.61. The van der Waals surface area contributed by atoms with Gasteiger partial charge in [0.05, 0.1) is 5.52 Å². The summed E-state index contributed by atoms with van der Waals surface area (Å²) in [7, 11) is 0. The standard InChI is InChI=1S/C11H9BrF4N2/c1-5(2)18-8-4-6(12)3-7(13)9(8)17-10(18)11(14,15)16/h3-5H,1-2H3. The number of nitrogens with zero attached hydrogens (tertiary/aromatic N) is 2. The Hall–Kier alpha value is -1.11. The van der Waals surface area contributed by atoms with Crippen LogP contribution < -0.4 is 0 Å². The van der Waals surface area contributed by atoms with Crippen molar-refractivity contribution in [3.8, 4) is 0 Å². The van der Waals surface area contributed by atoms with Gasteiger partial charge in [0.15, 0.2) is 5.82 Å². The summed E-state index contributed by atoms with van der Waals surface area (Å²) in [5.74, 6) is -1.85. The van der Waals surface area contributed by atoms with Crippen molar-refractivity contribution in [3.05, 3.63) is 28.2 Å². The Labute approximate surface area is 109 Å². The van der Waals surface area contributed by atoms with Crippen molar-refractivity contribution in [2.24, 2.45) is 0 Å². The van der Waals surface area contributed by atoms with E-state index >= 15 is 0 Å². The normalized spacial score (nSPS) is 12.7. The van der Waals surface area contributed by atoms with Crippen LogP contribution in [0.15, 0.2) is 16.6 Å². The number of hydrogen-bond acceptors (Lipinski definition) is 1. The van der Waals surface area contributed by atoms with E-state index in [2.05, 4.69) is 20.9 Å². The summed E-state index contributed by atoms with van der Waals surface area (Å²) in [6.45, 7) is 3.18. The smallest absolute Gasteiger partial charge is 0.318 e. The van der Waals surface area contributed by atoms with Crippen LogP contribution in [0.3, 0.4) is 0 Å². The Kier molecular flexibility index (Phi) is 3.12. The lowest BCUT2D eigenvalue weighted by Crippen LogP contribution is -2.16. The van der Waals surface area contributed by atoms with Gasteiger partial charge >= 0.3 is 6.18 Å². The van der Waals surface area contributed by atoms with E-state index in [-0.39, 0.29) is 11.0 Å². The monoisotopic (exact) mass is 324 g/mol. The average Bonchev–Trinajstić information content (AvgIpc) is 2.55. The summed E-state index contributed by atoms with van der Waals surface area (Å²) in [5.41, 5.74) is -0.136. The highest BCUT2D eigenvalue weighted by molar-refractivity contribution is 9.10. The zero-order chi connectivity index (χ0) is 13.7. The fourth-order valence-electron chi connectivity index (χ4n) is 1.84. The molecule has 18 heavy (non-hydrogen) atoms. The predicted octanol–water partition coefficient (Wildman–Crippen LogP) is 4.54. The molecule has 0 bridgehead atoms. The molecule has 0 aliphatic heterocycles. The van der Waals surface area contributed by atoms with Gasteiger partial charge < -0.3 is 4.57 Å². The van der Waals surface area contributed by atoms with E-state index in [9.17, 15) is 17.6 Å². The molecule has 0 saturated heterocycles. The number of aromatic nitrogens is 2. The Morgan fingerprint density at radius 3 is 2.39 bits per heavy atom. The van der Waals surface area contributed by atoms with E-state index in [1.54, 1.807) is 13.8 Å². The SMILES string of the molecule is CC(C)n1c(C(F)(F)F)nc2c(F)cc(Br)cc21. The molecule has 1 aromatic heterocycles. The summed E-state index contributed by atoms with van der Waals surface area (Å²) in [6, 6.07) is 2.06. The maximum atomic E-state index is 13.6.